The lowest BCUT2D eigenvalue weighted by molar-refractivity contribution is 0.0691. The first-order valence-corrected chi connectivity index (χ1v) is 5.80. The highest BCUT2D eigenvalue weighted by atomic mass is 32.2. The van der Waals surface area contributed by atoms with Crippen LogP contribution in [0.5, 0.6) is 0 Å². The molecule has 0 aliphatic carbocycles. The molecule has 1 fully saturated rings. The van der Waals surface area contributed by atoms with Crippen molar-refractivity contribution in [2.75, 3.05) is 11.6 Å². The molecule has 1 saturated heterocycles. The minimum atomic E-state index is -0.951. The van der Waals surface area contributed by atoms with Crippen LogP contribution in [0.25, 0.3) is 0 Å². The average Bonchev–Trinajstić information content (AvgIpc) is 2.75. The number of thiazole rings is 1. The van der Waals surface area contributed by atoms with Crippen molar-refractivity contribution in [3.8, 4) is 0 Å². The summed E-state index contributed by atoms with van der Waals surface area (Å²) in [5.74, 6) is 0.951. The van der Waals surface area contributed by atoms with Crippen LogP contribution in [0.15, 0.2) is 5.38 Å². The quantitative estimate of drug-likeness (QED) is 0.777. The molecule has 1 aliphatic heterocycles. The fourth-order valence-electron chi connectivity index (χ4n) is 1.10. The zero-order chi connectivity index (χ0) is 9.26. The van der Waals surface area contributed by atoms with Gasteiger partial charge in [-0.05, 0) is 0 Å². The molecule has 0 amide bonds. The molecule has 0 aromatic carbocycles. The molecular weight excluding hydrogens is 208 g/mol. The average molecular weight is 216 g/mol. The number of hydrogen-bond acceptors (Lipinski definition) is 5. The van der Waals surface area contributed by atoms with E-state index in [0.29, 0.717) is 0 Å². The second-order valence-corrected chi connectivity index (χ2v) is 4.57. The normalized spacial score (nSPS) is 22.0. The maximum Gasteiger partial charge on any atom is 0.355 e. The first-order valence-electron chi connectivity index (χ1n) is 3.77. The number of thioether (sulfide) groups is 1. The maximum atomic E-state index is 10.5. The third kappa shape index (κ3) is 1.84. The van der Waals surface area contributed by atoms with Crippen LogP contribution in [0.4, 0.5) is 0 Å². The smallest absolute Gasteiger partial charge is 0.355 e. The Morgan fingerprint density at radius 3 is 3.15 bits per heavy atom. The van der Waals surface area contributed by atoms with E-state index in [0.717, 1.165) is 16.6 Å². The van der Waals surface area contributed by atoms with Gasteiger partial charge in [-0.2, -0.15) is 0 Å². The summed E-state index contributed by atoms with van der Waals surface area (Å²) in [6.07, 6.45) is 0. The molecule has 1 aromatic rings. The monoisotopic (exact) mass is 216 g/mol. The molecule has 13 heavy (non-hydrogen) atoms. The summed E-state index contributed by atoms with van der Waals surface area (Å²) in [6, 6.07) is 0.239. The number of nitrogens with one attached hydrogen (secondary N) is 1. The van der Waals surface area contributed by atoms with Gasteiger partial charge in [-0.25, -0.2) is 9.78 Å². The van der Waals surface area contributed by atoms with Crippen LogP contribution < -0.4 is 5.32 Å². The zero-order valence-electron chi connectivity index (χ0n) is 6.69. The summed E-state index contributed by atoms with van der Waals surface area (Å²) in [7, 11) is 0. The van der Waals surface area contributed by atoms with Crippen molar-refractivity contribution in [2.45, 2.75) is 6.04 Å². The van der Waals surface area contributed by atoms with E-state index in [4.69, 9.17) is 5.11 Å². The number of nitrogens with zero attached hydrogens (tertiary/aromatic N) is 1. The Morgan fingerprint density at radius 1 is 1.77 bits per heavy atom. The molecule has 0 spiro atoms. The Labute approximate surface area is 83.4 Å². The predicted octanol–water partition coefficient (Wildman–Crippen LogP) is 1.18. The van der Waals surface area contributed by atoms with Gasteiger partial charge < -0.3 is 5.11 Å². The van der Waals surface area contributed by atoms with Crippen LogP contribution in [0.2, 0.25) is 0 Å². The molecule has 0 unspecified atom stereocenters. The molecule has 2 rings (SSSR count). The van der Waals surface area contributed by atoms with E-state index in [1.807, 2.05) is 0 Å². The van der Waals surface area contributed by atoms with Gasteiger partial charge in [-0.15, -0.1) is 23.1 Å². The molecule has 1 aliphatic rings. The molecule has 0 saturated carbocycles. The molecule has 4 nitrogen and oxygen atoms in total. The Morgan fingerprint density at radius 2 is 2.62 bits per heavy atom. The summed E-state index contributed by atoms with van der Waals surface area (Å²) < 4.78 is 0. The SMILES string of the molecule is O=C(O)c1csc([C@@H]2CSCN2)n1. The highest BCUT2D eigenvalue weighted by Crippen LogP contribution is 2.26. The van der Waals surface area contributed by atoms with Crippen molar-refractivity contribution in [2.24, 2.45) is 0 Å². The third-order valence-electron chi connectivity index (χ3n) is 1.76. The van der Waals surface area contributed by atoms with Gasteiger partial charge in [0, 0.05) is 17.0 Å². The van der Waals surface area contributed by atoms with Gasteiger partial charge in [0.25, 0.3) is 0 Å². The second-order valence-electron chi connectivity index (χ2n) is 2.65. The highest BCUT2D eigenvalue weighted by molar-refractivity contribution is 7.99. The van der Waals surface area contributed by atoms with Crippen molar-refractivity contribution in [3.63, 3.8) is 0 Å². The van der Waals surface area contributed by atoms with Crippen molar-refractivity contribution >= 4 is 29.1 Å². The summed E-state index contributed by atoms with van der Waals surface area (Å²) >= 11 is 3.21. The summed E-state index contributed by atoms with van der Waals surface area (Å²) in [4.78, 5) is 14.6. The van der Waals surface area contributed by atoms with Crippen LogP contribution in [-0.4, -0.2) is 27.7 Å². The van der Waals surface area contributed by atoms with Gasteiger partial charge in [0.1, 0.15) is 5.01 Å². The number of carboxylic acid groups (broad SMARTS) is 1. The Hall–Kier alpha value is -0.590. The van der Waals surface area contributed by atoms with Gasteiger partial charge in [-0.1, -0.05) is 0 Å². The van der Waals surface area contributed by atoms with E-state index in [1.54, 1.807) is 17.1 Å². The summed E-state index contributed by atoms with van der Waals surface area (Å²) in [5, 5.41) is 14.4. The highest BCUT2D eigenvalue weighted by Gasteiger charge is 2.20. The topological polar surface area (TPSA) is 62.2 Å². The Balaban J connectivity index is 2.16. The lowest BCUT2D eigenvalue weighted by atomic mass is 10.3. The van der Waals surface area contributed by atoms with Crippen LogP contribution in [0, 0.1) is 0 Å². The standard InChI is InChI=1S/C7H8N2O2S2/c10-7(11)5-2-13-6(9-5)4-1-12-3-8-4/h2,4,8H,1,3H2,(H,10,11)/t4-/m0/s1. The van der Waals surface area contributed by atoms with Crippen LogP contribution >= 0.6 is 23.1 Å². The Bertz CT molecular complexity index is 320. The minimum Gasteiger partial charge on any atom is -0.476 e. The lowest BCUT2D eigenvalue weighted by Gasteiger charge is -2.02. The van der Waals surface area contributed by atoms with Gasteiger partial charge in [0.05, 0.1) is 6.04 Å². The van der Waals surface area contributed by atoms with E-state index < -0.39 is 5.97 Å². The fraction of sp³-hybridized carbons (Fsp3) is 0.429. The van der Waals surface area contributed by atoms with Crippen molar-refractivity contribution in [1.29, 1.82) is 0 Å². The lowest BCUT2D eigenvalue weighted by Crippen LogP contribution is -2.14. The number of rotatable bonds is 2. The molecule has 2 N–H and O–H groups in total. The van der Waals surface area contributed by atoms with E-state index in [1.165, 1.54) is 11.3 Å². The van der Waals surface area contributed by atoms with E-state index in [9.17, 15) is 4.79 Å². The van der Waals surface area contributed by atoms with Crippen molar-refractivity contribution in [1.82, 2.24) is 10.3 Å². The first kappa shape index (κ1) is 8.98. The molecule has 0 radical (unpaired) electrons. The molecule has 0 bridgehead atoms. The van der Waals surface area contributed by atoms with E-state index in [-0.39, 0.29) is 11.7 Å². The van der Waals surface area contributed by atoms with E-state index >= 15 is 0 Å². The van der Waals surface area contributed by atoms with Gasteiger partial charge in [-0.3, -0.25) is 5.32 Å². The number of aromatic nitrogens is 1. The number of carbonyl (C=O) groups is 1. The van der Waals surface area contributed by atoms with Crippen molar-refractivity contribution in [3.05, 3.63) is 16.1 Å². The second kappa shape index (κ2) is 3.65. The third-order valence-corrected chi connectivity index (χ3v) is 3.65. The van der Waals surface area contributed by atoms with Gasteiger partial charge >= 0.3 is 5.97 Å². The molecule has 70 valence electrons. The number of carboxylic acids is 1. The van der Waals surface area contributed by atoms with Crippen LogP contribution in [0.3, 0.4) is 0 Å². The molecular formula is C7H8N2O2S2. The molecule has 1 aromatic heterocycles. The maximum absolute atomic E-state index is 10.5. The van der Waals surface area contributed by atoms with Crippen LogP contribution in [0.1, 0.15) is 21.5 Å². The largest absolute Gasteiger partial charge is 0.476 e. The first-order chi connectivity index (χ1) is 6.27. The number of aromatic carboxylic acids is 1. The molecule has 6 heteroatoms. The molecule has 2 heterocycles. The number of hydrogen-bond donors (Lipinski definition) is 2. The summed E-state index contributed by atoms with van der Waals surface area (Å²) in [5.41, 5.74) is 0.152. The molecule has 1 atom stereocenters. The van der Waals surface area contributed by atoms with Gasteiger partial charge in [0.15, 0.2) is 5.69 Å². The van der Waals surface area contributed by atoms with E-state index in [2.05, 4.69) is 10.3 Å². The van der Waals surface area contributed by atoms with Crippen LogP contribution in [-0.2, 0) is 0 Å². The fourth-order valence-corrected chi connectivity index (χ4v) is 3.02. The predicted molar refractivity (Wildman–Crippen MR) is 52.3 cm³/mol. The Kier molecular flexibility index (Phi) is 2.52. The van der Waals surface area contributed by atoms with Gasteiger partial charge in [0.2, 0.25) is 0 Å². The zero-order valence-corrected chi connectivity index (χ0v) is 8.32. The minimum absolute atomic E-state index is 0.152. The van der Waals surface area contributed by atoms with Crippen molar-refractivity contribution < 1.29 is 9.90 Å². The summed E-state index contributed by atoms with van der Waals surface area (Å²) in [6.45, 7) is 0.